The lowest BCUT2D eigenvalue weighted by Crippen LogP contribution is -2.36. The Morgan fingerprint density at radius 1 is 1.73 bits per heavy atom. The van der Waals surface area contributed by atoms with Crippen LogP contribution in [0.5, 0.6) is 0 Å². The van der Waals surface area contributed by atoms with Crippen molar-refractivity contribution in [2.45, 2.75) is 18.9 Å². The second kappa shape index (κ2) is 5.34. The van der Waals surface area contributed by atoms with Gasteiger partial charge in [0.25, 0.3) is 0 Å². The van der Waals surface area contributed by atoms with E-state index < -0.39 is 0 Å². The van der Waals surface area contributed by atoms with Crippen molar-refractivity contribution in [1.82, 2.24) is 15.6 Å². The maximum atomic E-state index is 11.5. The number of thiazole rings is 1. The van der Waals surface area contributed by atoms with Crippen LogP contribution >= 0.6 is 11.3 Å². The van der Waals surface area contributed by atoms with E-state index in [9.17, 15) is 4.79 Å². The molecule has 15 heavy (non-hydrogen) atoms. The van der Waals surface area contributed by atoms with Crippen LogP contribution in [0.2, 0.25) is 0 Å². The third kappa shape index (κ3) is 3.09. The maximum absolute atomic E-state index is 11.5. The lowest BCUT2D eigenvalue weighted by Gasteiger charge is -2.09. The van der Waals surface area contributed by atoms with Crippen molar-refractivity contribution >= 4 is 17.1 Å². The summed E-state index contributed by atoms with van der Waals surface area (Å²) >= 11 is 1.40. The molecule has 0 unspecified atom stereocenters. The third-order valence-electron chi connectivity index (χ3n) is 2.51. The highest BCUT2D eigenvalue weighted by Gasteiger charge is 2.14. The zero-order valence-corrected chi connectivity index (χ0v) is 9.35. The number of ketones is 1. The van der Waals surface area contributed by atoms with Gasteiger partial charge in [0, 0.05) is 24.2 Å². The van der Waals surface area contributed by atoms with Gasteiger partial charge in [-0.1, -0.05) is 0 Å². The Hall–Kier alpha value is -0.780. The zero-order chi connectivity index (χ0) is 10.5. The first-order chi connectivity index (χ1) is 7.36. The molecule has 0 aliphatic carbocycles. The summed E-state index contributed by atoms with van der Waals surface area (Å²) in [6.45, 7) is 2.37. The minimum Gasteiger partial charge on any atom is -0.313 e. The number of aromatic nitrogens is 1. The van der Waals surface area contributed by atoms with Crippen molar-refractivity contribution in [3.63, 3.8) is 0 Å². The summed E-state index contributed by atoms with van der Waals surface area (Å²) in [5.41, 5.74) is 0. The fourth-order valence-corrected chi connectivity index (χ4v) is 2.30. The fourth-order valence-electron chi connectivity index (χ4n) is 1.73. The minimum atomic E-state index is 0.0861. The molecular weight excluding hydrogens is 210 g/mol. The van der Waals surface area contributed by atoms with Gasteiger partial charge in [0.2, 0.25) is 5.78 Å². The Kier molecular flexibility index (Phi) is 3.82. The molecule has 0 spiro atoms. The van der Waals surface area contributed by atoms with Gasteiger partial charge in [0.15, 0.2) is 5.01 Å². The van der Waals surface area contributed by atoms with Crippen molar-refractivity contribution in [3.05, 3.63) is 16.6 Å². The molecule has 5 heteroatoms. The normalized spacial score (nSPS) is 20.7. The molecule has 2 rings (SSSR count). The van der Waals surface area contributed by atoms with Gasteiger partial charge in [-0.25, -0.2) is 4.98 Å². The standard InChI is InChI=1S/C10H15N3OS/c14-9(10-13-4-5-15-10)7-11-6-8-2-1-3-12-8/h4-5,8,11-12H,1-3,6-7H2/t8-/m0/s1. The monoisotopic (exact) mass is 225 g/mol. The molecule has 0 bridgehead atoms. The summed E-state index contributed by atoms with van der Waals surface area (Å²) in [6.07, 6.45) is 4.11. The number of Topliss-reactive ketones (excluding diaryl/α,β-unsaturated/α-hetero) is 1. The molecule has 1 aliphatic heterocycles. The molecule has 2 N–H and O–H groups in total. The van der Waals surface area contributed by atoms with Crippen LogP contribution in [0.15, 0.2) is 11.6 Å². The smallest absolute Gasteiger partial charge is 0.205 e. The first-order valence-electron chi connectivity index (χ1n) is 5.23. The summed E-state index contributed by atoms with van der Waals surface area (Å²) in [6, 6.07) is 0.536. The summed E-state index contributed by atoms with van der Waals surface area (Å²) in [5.74, 6) is 0.0861. The van der Waals surface area contributed by atoms with Crippen LogP contribution < -0.4 is 10.6 Å². The quantitative estimate of drug-likeness (QED) is 0.723. The summed E-state index contributed by atoms with van der Waals surface area (Å²) in [4.78, 5) is 15.5. The van der Waals surface area contributed by atoms with Gasteiger partial charge in [-0.05, 0) is 19.4 Å². The first-order valence-corrected chi connectivity index (χ1v) is 6.11. The topological polar surface area (TPSA) is 54.0 Å². The first kappa shape index (κ1) is 10.7. The second-order valence-corrected chi connectivity index (χ2v) is 4.58. The van der Waals surface area contributed by atoms with Crippen molar-refractivity contribution < 1.29 is 4.79 Å². The highest BCUT2D eigenvalue weighted by molar-refractivity contribution is 7.11. The predicted molar refractivity (Wildman–Crippen MR) is 60.3 cm³/mol. The molecule has 2 heterocycles. The molecule has 1 fully saturated rings. The minimum absolute atomic E-state index is 0.0861. The van der Waals surface area contributed by atoms with Crippen molar-refractivity contribution in [2.75, 3.05) is 19.6 Å². The molecular formula is C10H15N3OS. The second-order valence-electron chi connectivity index (χ2n) is 3.68. The molecule has 4 nitrogen and oxygen atoms in total. The van der Waals surface area contributed by atoms with Crippen LogP contribution in [0.1, 0.15) is 22.6 Å². The number of hydrogen-bond acceptors (Lipinski definition) is 5. The highest BCUT2D eigenvalue weighted by atomic mass is 32.1. The van der Waals surface area contributed by atoms with Gasteiger partial charge in [-0.3, -0.25) is 4.79 Å². The highest BCUT2D eigenvalue weighted by Crippen LogP contribution is 2.05. The predicted octanol–water partition coefficient (Wildman–Crippen LogP) is 0.667. The number of carbonyl (C=O) groups is 1. The number of nitrogens with one attached hydrogen (secondary N) is 2. The maximum Gasteiger partial charge on any atom is 0.205 e. The van der Waals surface area contributed by atoms with Crippen molar-refractivity contribution in [1.29, 1.82) is 0 Å². The molecule has 1 aromatic rings. The van der Waals surface area contributed by atoms with Crippen LogP contribution in [0, 0.1) is 0 Å². The van der Waals surface area contributed by atoms with Crippen LogP contribution in [0.25, 0.3) is 0 Å². The van der Waals surface area contributed by atoms with Gasteiger partial charge < -0.3 is 10.6 Å². The van der Waals surface area contributed by atoms with Gasteiger partial charge in [-0.15, -0.1) is 11.3 Å². The molecule has 1 aromatic heterocycles. The van der Waals surface area contributed by atoms with E-state index in [1.165, 1.54) is 24.2 Å². The Morgan fingerprint density at radius 2 is 2.67 bits per heavy atom. The van der Waals surface area contributed by atoms with E-state index in [-0.39, 0.29) is 5.78 Å². The Balaban J connectivity index is 1.67. The van der Waals surface area contributed by atoms with E-state index in [0.29, 0.717) is 17.6 Å². The van der Waals surface area contributed by atoms with E-state index in [2.05, 4.69) is 15.6 Å². The van der Waals surface area contributed by atoms with Crippen molar-refractivity contribution in [3.8, 4) is 0 Å². The largest absolute Gasteiger partial charge is 0.313 e. The van der Waals surface area contributed by atoms with E-state index in [4.69, 9.17) is 0 Å². The summed E-state index contributed by atoms with van der Waals surface area (Å²) < 4.78 is 0. The van der Waals surface area contributed by atoms with E-state index in [0.717, 1.165) is 13.1 Å². The lowest BCUT2D eigenvalue weighted by atomic mass is 10.2. The SMILES string of the molecule is O=C(CNC[C@@H]1CCCN1)c1nccs1. The molecule has 82 valence electrons. The van der Waals surface area contributed by atoms with Gasteiger partial charge in [-0.2, -0.15) is 0 Å². The Morgan fingerprint density at radius 3 is 3.33 bits per heavy atom. The molecule has 0 aromatic carbocycles. The zero-order valence-electron chi connectivity index (χ0n) is 8.53. The van der Waals surface area contributed by atoms with E-state index in [1.54, 1.807) is 6.20 Å². The van der Waals surface area contributed by atoms with Crippen LogP contribution in [-0.2, 0) is 0 Å². The van der Waals surface area contributed by atoms with Crippen molar-refractivity contribution in [2.24, 2.45) is 0 Å². The van der Waals surface area contributed by atoms with Crippen LogP contribution in [0.3, 0.4) is 0 Å². The van der Waals surface area contributed by atoms with Gasteiger partial charge in [0.1, 0.15) is 0 Å². The van der Waals surface area contributed by atoms with Gasteiger partial charge in [0.05, 0.1) is 6.54 Å². The number of hydrogen-bond donors (Lipinski definition) is 2. The molecule has 0 saturated carbocycles. The average molecular weight is 225 g/mol. The Bertz CT molecular complexity index is 306. The third-order valence-corrected chi connectivity index (χ3v) is 3.32. The molecule has 0 radical (unpaired) electrons. The van der Waals surface area contributed by atoms with E-state index in [1.807, 2.05) is 5.38 Å². The molecule has 1 aliphatic rings. The van der Waals surface area contributed by atoms with Crippen LogP contribution in [0.4, 0.5) is 0 Å². The number of rotatable bonds is 5. The fraction of sp³-hybridized carbons (Fsp3) is 0.600. The van der Waals surface area contributed by atoms with E-state index >= 15 is 0 Å². The Labute approximate surface area is 93.1 Å². The molecule has 1 atom stereocenters. The summed E-state index contributed by atoms with van der Waals surface area (Å²) in [7, 11) is 0. The number of carbonyl (C=O) groups excluding carboxylic acids is 1. The average Bonchev–Trinajstić information content (AvgIpc) is 2.90. The summed E-state index contributed by atoms with van der Waals surface area (Å²) in [5, 5.41) is 8.97. The molecule has 0 amide bonds. The van der Waals surface area contributed by atoms with Crippen LogP contribution in [-0.4, -0.2) is 36.4 Å². The number of nitrogens with zero attached hydrogens (tertiary/aromatic N) is 1. The lowest BCUT2D eigenvalue weighted by molar-refractivity contribution is 0.0990. The van der Waals surface area contributed by atoms with Gasteiger partial charge >= 0.3 is 0 Å². The molecule has 1 saturated heterocycles.